The van der Waals surface area contributed by atoms with Crippen molar-refractivity contribution in [1.29, 1.82) is 0 Å². The first-order valence-corrected chi connectivity index (χ1v) is 7.83. The van der Waals surface area contributed by atoms with Crippen LogP contribution in [0.15, 0.2) is 12.1 Å². The molecule has 0 amide bonds. The second-order valence-corrected chi connectivity index (χ2v) is 6.02. The van der Waals surface area contributed by atoms with Crippen LogP contribution in [0, 0.1) is 11.6 Å². The summed E-state index contributed by atoms with van der Waals surface area (Å²) >= 11 is 0. The lowest BCUT2D eigenvalue weighted by Crippen LogP contribution is -2.38. The molecule has 124 valence electrons. The number of fused-ring (bicyclic) bond motifs is 3. The Kier molecular flexibility index (Phi) is 4.10. The van der Waals surface area contributed by atoms with Crippen LogP contribution in [0.4, 0.5) is 8.78 Å². The number of carbonyl (C=O) groups is 1. The van der Waals surface area contributed by atoms with Gasteiger partial charge in [0.25, 0.3) is 0 Å². The van der Waals surface area contributed by atoms with E-state index in [9.17, 15) is 18.7 Å². The molecule has 3 rings (SSSR count). The fraction of sp³-hybridized carbons (Fsp3) is 0.471. The number of rotatable bonds is 5. The molecule has 0 spiro atoms. The summed E-state index contributed by atoms with van der Waals surface area (Å²) in [6.07, 6.45) is 2.36. The Bertz CT molecular complexity index is 756. The number of hydrogen-bond donors (Lipinski definition) is 2. The maximum atomic E-state index is 14.2. The summed E-state index contributed by atoms with van der Waals surface area (Å²) in [6.45, 7) is 2.30. The lowest BCUT2D eigenvalue weighted by molar-refractivity contribution is -0.149. The Morgan fingerprint density at radius 2 is 2.13 bits per heavy atom. The Balaban J connectivity index is 2.22. The number of H-pyrrole nitrogens is 1. The van der Waals surface area contributed by atoms with Crippen LogP contribution in [0.2, 0.25) is 0 Å². The molecule has 0 saturated carbocycles. The Morgan fingerprint density at radius 1 is 1.39 bits per heavy atom. The number of nitrogens with one attached hydrogen (secondary N) is 1. The molecule has 1 aliphatic rings. The van der Waals surface area contributed by atoms with Gasteiger partial charge in [-0.25, -0.2) is 8.78 Å². The molecule has 0 fully saturated rings. The highest BCUT2D eigenvalue weighted by atomic mass is 19.1. The minimum atomic E-state index is -1.05. The molecule has 0 saturated heterocycles. The highest BCUT2D eigenvalue weighted by Crippen LogP contribution is 2.43. The molecule has 23 heavy (non-hydrogen) atoms. The molecule has 0 bridgehead atoms. The van der Waals surface area contributed by atoms with Crippen LogP contribution in [0.5, 0.6) is 0 Å². The second-order valence-electron chi connectivity index (χ2n) is 6.02. The van der Waals surface area contributed by atoms with Gasteiger partial charge in [-0.2, -0.15) is 0 Å². The summed E-state index contributed by atoms with van der Waals surface area (Å²) in [5.74, 6) is -2.04. The Labute approximate surface area is 132 Å². The second kappa shape index (κ2) is 5.92. The maximum Gasteiger partial charge on any atom is 0.306 e. The van der Waals surface area contributed by atoms with Crippen LogP contribution in [0.3, 0.4) is 0 Å². The van der Waals surface area contributed by atoms with Crippen molar-refractivity contribution in [3.63, 3.8) is 0 Å². The van der Waals surface area contributed by atoms with Gasteiger partial charge in [-0.15, -0.1) is 0 Å². The van der Waals surface area contributed by atoms with Crippen molar-refractivity contribution in [3.05, 3.63) is 35.0 Å². The molecule has 1 unspecified atom stereocenters. The van der Waals surface area contributed by atoms with Crippen LogP contribution in [0.25, 0.3) is 10.9 Å². The topological polar surface area (TPSA) is 62.3 Å². The third-order valence-electron chi connectivity index (χ3n) is 4.51. The molecule has 1 aliphatic heterocycles. The van der Waals surface area contributed by atoms with Crippen molar-refractivity contribution < 1.29 is 23.4 Å². The lowest BCUT2D eigenvalue weighted by atomic mass is 9.84. The number of aromatic nitrogens is 1. The molecule has 2 heterocycles. The normalized spacial score (nSPS) is 20.7. The number of hydrogen-bond acceptors (Lipinski definition) is 2. The standard InChI is InChI=1S/C17H19F2NO3/c1-2-3-7-17(9-13(21)22)16-10(6-8-23-17)14-11(18)4-5-12(19)15(14)20-16/h4-5,20H,2-3,6-9H2,1H3,(H,21,22). The van der Waals surface area contributed by atoms with E-state index in [-0.39, 0.29) is 17.3 Å². The van der Waals surface area contributed by atoms with Crippen LogP contribution < -0.4 is 0 Å². The van der Waals surface area contributed by atoms with Crippen molar-refractivity contribution in [3.8, 4) is 0 Å². The third-order valence-corrected chi connectivity index (χ3v) is 4.51. The average Bonchev–Trinajstić information content (AvgIpc) is 2.91. The van der Waals surface area contributed by atoms with E-state index in [0.29, 0.717) is 30.7 Å². The van der Waals surface area contributed by atoms with Crippen LogP contribution in [-0.2, 0) is 21.6 Å². The van der Waals surface area contributed by atoms with Gasteiger partial charge >= 0.3 is 5.97 Å². The van der Waals surface area contributed by atoms with Crippen molar-refractivity contribution >= 4 is 16.9 Å². The summed E-state index contributed by atoms with van der Waals surface area (Å²) in [4.78, 5) is 14.3. The number of ether oxygens (including phenoxy) is 1. The third kappa shape index (κ3) is 2.61. The number of benzene rings is 1. The zero-order valence-electron chi connectivity index (χ0n) is 12.9. The number of halogens is 2. The van der Waals surface area contributed by atoms with E-state index in [1.54, 1.807) is 0 Å². The van der Waals surface area contributed by atoms with Gasteiger partial charge in [0.2, 0.25) is 0 Å². The maximum absolute atomic E-state index is 14.2. The van der Waals surface area contributed by atoms with Gasteiger partial charge in [0.15, 0.2) is 0 Å². The predicted molar refractivity (Wildman–Crippen MR) is 81.3 cm³/mol. The Morgan fingerprint density at radius 3 is 2.83 bits per heavy atom. The highest BCUT2D eigenvalue weighted by Gasteiger charge is 2.42. The number of carboxylic acid groups (broad SMARTS) is 1. The summed E-state index contributed by atoms with van der Waals surface area (Å²) in [6, 6.07) is 2.18. The summed E-state index contributed by atoms with van der Waals surface area (Å²) in [5.41, 5.74) is 0.193. The SMILES string of the molecule is CCCCC1(CC(=O)O)OCCc2c1[nH]c1c(F)ccc(F)c21. The van der Waals surface area contributed by atoms with Crippen LogP contribution in [0.1, 0.15) is 43.9 Å². The van der Waals surface area contributed by atoms with Gasteiger partial charge in [0.05, 0.1) is 24.2 Å². The molecule has 6 heteroatoms. The van der Waals surface area contributed by atoms with Crippen LogP contribution >= 0.6 is 0 Å². The molecule has 4 nitrogen and oxygen atoms in total. The monoisotopic (exact) mass is 323 g/mol. The number of carboxylic acids is 1. The fourth-order valence-corrected chi connectivity index (χ4v) is 3.49. The quantitative estimate of drug-likeness (QED) is 0.878. The number of unbranched alkanes of at least 4 members (excludes halogenated alkanes) is 1. The zero-order valence-corrected chi connectivity index (χ0v) is 12.9. The largest absolute Gasteiger partial charge is 0.481 e. The fourth-order valence-electron chi connectivity index (χ4n) is 3.49. The first-order valence-electron chi connectivity index (χ1n) is 7.83. The van der Waals surface area contributed by atoms with E-state index >= 15 is 0 Å². The predicted octanol–water partition coefficient (Wildman–Crippen LogP) is 3.88. The molecule has 1 atom stereocenters. The smallest absolute Gasteiger partial charge is 0.306 e. The van der Waals surface area contributed by atoms with Crippen molar-refractivity contribution in [2.24, 2.45) is 0 Å². The molecule has 1 aromatic carbocycles. The number of aromatic amines is 1. The van der Waals surface area contributed by atoms with Gasteiger partial charge < -0.3 is 14.8 Å². The summed E-state index contributed by atoms with van der Waals surface area (Å²) < 4.78 is 34.1. The molecule has 2 aromatic rings. The van der Waals surface area contributed by atoms with Gasteiger partial charge in [0.1, 0.15) is 17.2 Å². The first kappa shape index (κ1) is 15.9. The lowest BCUT2D eigenvalue weighted by Gasteiger charge is -2.36. The van der Waals surface area contributed by atoms with E-state index < -0.39 is 23.2 Å². The van der Waals surface area contributed by atoms with E-state index in [1.807, 2.05) is 6.92 Å². The summed E-state index contributed by atoms with van der Waals surface area (Å²) in [7, 11) is 0. The molecule has 0 aliphatic carbocycles. The van der Waals surface area contributed by atoms with Crippen molar-refractivity contribution in [2.75, 3.05) is 6.61 Å². The molecular weight excluding hydrogens is 304 g/mol. The first-order chi connectivity index (χ1) is 11.0. The minimum absolute atomic E-state index is 0.0896. The Hall–Kier alpha value is -1.95. The van der Waals surface area contributed by atoms with Crippen LogP contribution in [-0.4, -0.2) is 22.7 Å². The van der Waals surface area contributed by atoms with Gasteiger partial charge in [0, 0.05) is 5.39 Å². The highest BCUT2D eigenvalue weighted by molar-refractivity contribution is 5.87. The van der Waals surface area contributed by atoms with Crippen molar-refractivity contribution in [1.82, 2.24) is 4.98 Å². The zero-order chi connectivity index (χ0) is 16.6. The number of aliphatic carboxylic acids is 1. The minimum Gasteiger partial charge on any atom is -0.481 e. The molecule has 2 N–H and O–H groups in total. The van der Waals surface area contributed by atoms with Gasteiger partial charge in [-0.1, -0.05) is 19.8 Å². The molecule has 0 radical (unpaired) electrons. The molecular formula is C17H19F2NO3. The summed E-state index contributed by atoms with van der Waals surface area (Å²) in [5, 5.41) is 9.52. The van der Waals surface area contributed by atoms with Gasteiger partial charge in [-0.05, 0) is 30.5 Å². The van der Waals surface area contributed by atoms with E-state index in [2.05, 4.69) is 4.98 Å². The van der Waals surface area contributed by atoms with E-state index in [0.717, 1.165) is 25.0 Å². The van der Waals surface area contributed by atoms with Crippen molar-refractivity contribution in [2.45, 2.75) is 44.6 Å². The average molecular weight is 323 g/mol. The van der Waals surface area contributed by atoms with E-state index in [4.69, 9.17) is 4.74 Å². The van der Waals surface area contributed by atoms with E-state index in [1.165, 1.54) is 0 Å². The molecule has 1 aromatic heterocycles. The van der Waals surface area contributed by atoms with Gasteiger partial charge in [-0.3, -0.25) is 4.79 Å².